The number of rotatable bonds is 6. The minimum atomic E-state index is -0.619. The van der Waals surface area contributed by atoms with Crippen molar-refractivity contribution in [2.75, 3.05) is 46.7 Å². The molecule has 3 heterocycles. The normalized spacial score (nSPS) is 21.5. The van der Waals surface area contributed by atoms with E-state index in [0.717, 1.165) is 22.1 Å². The Morgan fingerprint density at radius 3 is 2.58 bits per heavy atom. The largest absolute Gasteiger partial charge is 0.428 e. The summed E-state index contributed by atoms with van der Waals surface area (Å²) in [6.45, 7) is 6.64. The number of halogens is 1. The van der Waals surface area contributed by atoms with E-state index in [1.165, 1.54) is 4.57 Å². The minimum Gasteiger partial charge on any atom is -0.428 e. The molecule has 3 aliphatic rings. The highest BCUT2D eigenvalue weighted by atomic mass is 79.9. The number of ether oxygens (including phenoxy) is 3. The maximum Gasteiger partial charge on any atom is 0.422 e. The Morgan fingerprint density at radius 1 is 1.13 bits per heavy atom. The van der Waals surface area contributed by atoms with Gasteiger partial charge in [0, 0.05) is 44.3 Å². The number of likely N-dealkylation sites (N-methyl/N-ethyl adjacent to an activating group) is 1. The number of esters is 1. The Hall–Kier alpha value is -2.69. The monoisotopic (exact) mass is 587 g/mol. The lowest BCUT2D eigenvalue weighted by Crippen LogP contribution is -2.47. The van der Waals surface area contributed by atoms with E-state index in [2.05, 4.69) is 40.0 Å². The van der Waals surface area contributed by atoms with Gasteiger partial charge in [0.2, 0.25) is 12.7 Å². The third kappa shape index (κ3) is 4.78. The Balaban J connectivity index is 1.41. The van der Waals surface area contributed by atoms with Crippen LogP contribution < -0.4 is 0 Å². The average molecular weight is 588 g/mol. The average Bonchev–Trinajstić information content (AvgIpc) is 3.22. The predicted molar refractivity (Wildman–Crippen MR) is 146 cm³/mol. The lowest BCUT2D eigenvalue weighted by Gasteiger charge is -2.40. The standard InChI is InChI=1S/C28H34BrN3O6/c1-4-31(5-2)26(33)18-13-20-19-7-6-8-22-24(19)21(14-23(20)30(3)15-18)25(29)32(22)28(35)38-16-37-27(34)17-9-11-36-12-10-17/h6-8,13,17-18,23H,4-5,9-12,14-16H2,1-3H3/t18-,23-/m1/s1. The molecule has 1 aromatic heterocycles. The summed E-state index contributed by atoms with van der Waals surface area (Å²) in [5.74, 6) is -0.672. The molecule has 0 spiro atoms. The smallest absolute Gasteiger partial charge is 0.422 e. The fraction of sp³-hybridized carbons (Fsp3) is 0.536. The van der Waals surface area contributed by atoms with Crippen LogP contribution in [0.2, 0.25) is 0 Å². The summed E-state index contributed by atoms with van der Waals surface area (Å²) in [4.78, 5) is 42.8. The van der Waals surface area contributed by atoms with Crippen molar-refractivity contribution in [2.24, 2.45) is 11.8 Å². The number of fused-ring (bicyclic) bond motifs is 2. The molecule has 2 aliphatic heterocycles. The van der Waals surface area contributed by atoms with Crippen LogP contribution in [0.5, 0.6) is 0 Å². The lowest BCUT2D eigenvalue weighted by molar-refractivity contribution is -0.159. The van der Waals surface area contributed by atoms with Crippen molar-refractivity contribution in [1.82, 2.24) is 14.4 Å². The Morgan fingerprint density at radius 2 is 1.87 bits per heavy atom. The molecule has 204 valence electrons. The summed E-state index contributed by atoms with van der Waals surface area (Å²) in [5.41, 5.74) is 3.88. The van der Waals surface area contributed by atoms with Gasteiger partial charge in [0.05, 0.1) is 22.0 Å². The summed E-state index contributed by atoms with van der Waals surface area (Å²) in [6, 6.07) is 5.95. The van der Waals surface area contributed by atoms with Gasteiger partial charge in [-0.2, -0.15) is 0 Å². The number of benzene rings is 1. The van der Waals surface area contributed by atoms with E-state index in [-0.39, 0.29) is 29.8 Å². The van der Waals surface area contributed by atoms with Crippen LogP contribution in [0, 0.1) is 11.8 Å². The van der Waals surface area contributed by atoms with Crippen molar-refractivity contribution in [1.29, 1.82) is 0 Å². The summed E-state index contributed by atoms with van der Waals surface area (Å²) in [5, 5.41) is 0.974. The van der Waals surface area contributed by atoms with Crippen molar-refractivity contribution in [3.05, 3.63) is 40.0 Å². The molecule has 10 heteroatoms. The molecular weight excluding hydrogens is 554 g/mol. The third-order valence-corrected chi connectivity index (χ3v) is 8.84. The fourth-order valence-corrected chi connectivity index (χ4v) is 6.65. The van der Waals surface area contributed by atoms with Crippen molar-refractivity contribution < 1.29 is 28.6 Å². The number of carbonyl (C=O) groups excluding carboxylic acids is 3. The van der Waals surface area contributed by atoms with Gasteiger partial charge in [-0.1, -0.05) is 18.2 Å². The van der Waals surface area contributed by atoms with Gasteiger partial charge in [0.15, 0.2) is 0 Å². The number of amides is 1. The zero-order chi connectivity index (χ0) is 27.0. The first-order chi connectivity index (χ1) is 18.3. The van der Waals surface area contributed by atoms with Crippen LogP contribution >= 0.6 is 15.9 Å². The molecule has 0 saturated carbocycles. The lowest BCUT2D eigenvalue weighted by atomic mass is 9.79. The van der Waals surface area contributed by atoms with Crippen molar-refractivity contribution in [3.63, 3.8) is 0 Å². The van der Waals surface area contributed by atoms with E-state index in [1.807, 2.05) is 30.9 Å². The van der Waals surface area contributed by atoms with Crippen LogP contribution in [-0.2, 0) is 30.2 Å². The molecule has 0 N–H and O–H groups in total. The van der Waals surface area contributed by atoms with Crippen molar-refractivity contribution in [3.8, 4) is 0 Å². The van der Waals surface area contributed by atoms with Crippen LogP contribution in [0.3, 0.4) is 0 Å². The van der Waals surface area contributed by atoms with Crippen LogP contribution in [0.25, 0.3) is 16.5 Å². The molecule has 1 aromatic carbocycles. The van der Waals surface area contributed by atoms with Gasteiger partial charge >= 0.3 is 12.1 Å². The Kier molecular flexibility index (Phi) is 7.93. The number of nitrogens with zero attached hydrogens (tertiary/aromatic N) is 3. The van der Waals surface area contributed by atoms with Crippen LogP contribution in [0.4, 0.5) is 4.79 Å². The third-order valence-electron chi connectivity index (χ3n) is 8.01. The van der Waals surface area contributed by atoms with E-state index >= 15 is 0 Å². The minimum absolute atomic E-state index is 0.0949. The Labute approximate surface area is 230 Å². The van der Waals surface area contributed by atoms with Crippen molar-refractivity contribution >= 4 is 50.4 Å². The highest BCUT2D eigenvalue weighted by Gasteiger charge is 2.38. The van der Waals surface area contributed by atoms with Crippen molar-refractivity contribution in [2.45, 2.75) is 39.2 Å². The van der Waals surface area contributed by atoms with Gasteiger partial charge in [0.25, 0.3) is 0 Å². The number of carbonyl (C=O) groups is 3. The molecule has 38 heavy (non-hydrogen) atoms. The number of hydrogen-bond acceptors (Lipinski definition) is 7. The van der Waals surface area contributed by atoms with E-state index in [0.29, 0.717) is 62.2 Å². The molecule has 1 fully saturated rings. The predicted octanol–water partition coefficient (Wildman–Crippen LogP) is 4.05. The molecule has 2 aromatic rings. The van der Waals surface area contributed by atoms with Crippen LogP contribution in [-0.4, -0.2) is 85.1 Å². The number of hydrogen-bond donors (Lipinski definition) is 0. The van der Waals surface area contributed by atoms with Gasteiger partial charge in [-0.05, 0) is 78.9 Å². The second-order valence-electron chi connectivity index (χ2n) is 10.1. The SMILES string of the molecule is CCN(CC)C(=O)[C@@H]1C=C2c3cccc4c3c(c(Br)n4C(=O)OCOC(=O)C3CCOCC3)C[C@H]2N(C)C1. The molecule has 1 aliphatic carbocycles. The van der Waals surface area contributed by atoms with Gasteiger partial charge in [-0.25, -0.2) is 9.36 Å². The van der Waals surface area contributed by atoms with Gasteiger partial charge in [-0.3, -0.25) is 14.5 Å². The van der Waals surface area contributed by atoms with Gasteiger partial charge in [0.1, 0.15) is 0 Å². The molecular formula is C28H34BrN3O6. The van der Waals surface area contributed by atoms with Gasteiger partial charge < -0.3 is 19.1 Å². The first-order valence-electron chi connectivity index (χ1n) is 13.3. The molecule has 9 nitrogen and oxygen atoms in total. The summed E-state index contributed by atoms with van der Waals surface area (Å²) >= 11 is 3.66. The molecule has 0 unspecified atom stereocenters. The van der Waals surface area contributed by atoms with E-state index in [9.17, 15) is 14.4 Å². The highest BCUT2D eigenvalue weighted by molar-refractivity contribution is 9.10. The maximum atomic E-state index is 13.2. The molecule has 0 bridgehead atoms. The first-order valence-corrected chi connectivity index (χ1v) is 14.1. The molecule has 1 saturated heterocycles. The van der Waals surface area contributed by atoms with Crippen LogP contribution in [0.15, 0.2) is 28.9 Å². The summed E-state index contributed by atoms with van der Waals surface area (Å²) in [7, 11) is 2.05. The molecule has 0 radical (unpaired) electrons. The second-order valence-corrected chi connectivity index (χ2v) is 10.8. The highest BCUT2D eigenvalue weighted by Crippen LogP contribution is 2.45. The zero-order valence-corrected chi connectivity index (χ0v) is 23.7. The van der Waals surface area contributed by atoms with Crippen LogP contribution in [0.1, 0.15) is 37.8 Å². The molecule has 2 atom stereocenters. The number of aromatic nitrogens is 1. The molecule has 5 rings (SSSR count). The quantitative estimate of drug-likeness (QED) is 0.372. The summed E-state index contributed by atoms with van der Waals surface area (Å²) in [6.07, 6.45) is 3.43. The van der Waals surface area contributed by atoms with Gasteiger partial charge in [-0.15, -0.1) is 0 Å². The second kappa shape index (κ2) is 11.2. The first kappa shape index (κ1) is 26.9. The maximum absolute atomic E-state index is 13.2. The van der Waals surface area contributed by atoms with E-state index in [4.69, 9.17) is 14.2 Å². The van der Waals surface area contributed by atoms with E-state index < -0.39 is 12.9 Å². The topological polar surface area (TPSA) is 90.3 Å². The summed E-state index contributed by atoms with van der Waals surface area (Å²) < 4.78 is 18.0. The Bertz CT molecular complexity index is 1280. The fourth-order valence-electron chi connectivity index (χ4n) is 5.95. The molecule has 1 amide bonds. The zero-order valence-electron chi connectivity index (χ0n) is 22.1. The van der Waals surface area contributed by atoms with E-state index in [1.54, 1.807) is 0 Å².